The summed E-state index contributed by atoms with van der Waals surface area (Å²) in [5, 5.41) is 7.26. The lowest BCUT2D eigenvalue weighted by Gasteiger charge is -2.23. The highest BCUT2D eigenvalue weighted by Crippen LogP contribution is 2.40. The van der Waals surface area contributed by atoms with Crippen LogP contribution in [-0.4, -0.2) is 24.3 Å². The van der Waals surface area contributed by atoms with Gasteiger partial charge in [0.25, 0.3) is 0 Å². The summed E-state index contributed by atoms with van der Waals surface area (Å²) in [6, 6.07) is 0. The predicted molar refractivity (Wildman–Crippen MR) is 63.5 cm³/mol. The van der Waals surface area contributed by atoms with E-state index in [-0.39, 0.29) is 11.1 Å². The van der Waals surface area contributed by atoms with Crippen LogP contribution >= 0.6 is 0 Å². The minimum absolute atomic E-state index is 0.307. The molecular weight excluding hydrogens is 218 g/mol. The molecule has 0 amide bonds. The summed E-state index contributed by atoms with van der Waals surface area (Å²) in [6.45, 7) is 4.02. The molecule has 5 nitrogen and oxygen atoms in total. The second-order valence-corrected chi connectivity index (χ2v) is 5.20. The third kappa shape index (κ3) is 2.09. The molecule has 1 saturated carbocycles. The Balaban J connectivity index is 2.29. The number of aromatic nitrogens is 2. The van der Waals surface area contributed by atoms with Crippen LogP contribution in [0.25, 0.3) is 0 Å². The van der Waals surface area contributed by atoms with Gasteiger partial charge in [0.1, 0.15) is 5.60 Å². The minimum Gasteiger partial charge on any atom is -0.370 e. The summed E-state index contributed by atoms with van der Waals surface area (Å²) in [4.78, 5) is 4.51. The number of hydrogen-bond donors (Lipinski definition) is 1. The highest BCUT2D eigenvalue weighted by Gasteiger charge is 2.41. The minimum atomic E-state index is -0.328. The lowest BCUT2D eigenvalue weighted by atomic mass is 10.0. The monoisotopic (exact) mass is 239 g/mol. The van der Waals surface area contributed by atoms with E-state index >= 15 is 0 Å². The van der Waals surface area contributed by atoms with Crippen LogP contribution < -0.4 is 5.32 Å². The van der Waals surface area contributed by atoms with Crippen molar-refractivity contribution in [3.63, 3.8) is 0 Å². The number of methoxy groups -OCH3 is 1. The van der Waals surface area contributed by atoms with Gasteiger partial charge in [0.15, 0.2) is 0 Å². The van der Waals surface area contributed by atoms with Gasteiger partial charge in [-0.3, -0.25) is 0 Å². The molecule has 0 saturated heterocycles. The average molecular weight is 239 g/mol. The largest absolute Gasteiger partial charge is 0.370 e. The van der Waals surface area contributed by atoms with Crippen molar-refractivity contribution in [2.24, 2.45) is 0 Å². The Hall–Kier alpha value is -0.940. The standard InChI is InChI=1S/C12H21N3O2/c1-11(2,13-3)10-14-9(15-17-10)12(16-4)7-5-6-8-12/h13H,5-8H2,1-4H3. The van der Waals surface area contributed by atoms with Gasteiger partial charge < -0.3 is 14.6 Å². The molecule has 0 aliphatic heterocycles. The predicted octanol–water partition coefficient (Wildman–Crippen LogP) is 1.94. The molecule has 1 N–H and O–H groups in total. The first kappa shape index (κ1) is 12.5. The molecular formula is C12H21N3O2. The Kier molecular flexibility index (Phi) is 3.23. The quantitative estimate of drug-likeness (QED) is 0.870. The Morgan fingerprint density at radius 2 is 2.00 bits per heavy atom. The van der Waals surface area contributed by atoms with E-state index < -0.39 is 0 Å². The van der Waals surface area contributed by atoms with Crippen molar-refractivity contribution in [3.8, 4) is 0 Å². The van der Waals surface area contributed by atoms with E-state index in [1.54, 1.807) is 7.11 Å². The van der Waals surface area contributed by atoms with Crippen LogP contribution in [0.4, 0.5) is 0 Å². The van der Waals surface area contributed by atoms with E-state index in [4.69, 9.17) is 9.26 Å². The summed E-state index contributed by atoms with van der Waals surface area (Å²) in [5.41, 5.74) is -0.635. The molecule has 1 aromatic heterocycles. The average Bonchev–Trinajstić information content (AvgIpc) is 2.98. The molecule has 1 aliphatic carbocycles. The summed E-state index contributed by atoms with van der Waals surface area (Å²) >= 11 is 0. The smallest absolute Gasteiger partial charge is 0.246 e. The number of nitrogens with zero attached hydrogens (tertiary/aromatic N) is 2. The number of rotatable bonds is 4. The van der Waals surface area contributed by atoms with Gasteiger partial charge >= 0.3 is 0 Å². The van der Waals surface area contributed by atoms with Crippen LogP contribution in [0.5, 0.6) is 0 Å². The van der Waals surface area contributed by atoms with Crippen molar-refractivity contribution in [2.45, 2.75) is 50.7 Å². The van der Waals surface area contributed by atoms with E-state index in [1.807, 2.05) is 20.9 Å². The van der Waals surface area contributed by atoms with Crippen LogP contribution in [0, 0.1) is 0 Å². The lowest BCUT2D eigenvalue weighted by Crippen LogP contribution is -2.34. The van der Waals surface area contributed by atoms with Crippen molar-refractivity contribution in [2.75, 3.05) is 14.2 Å². The summed E-state index contributed by atoms with van der Waals surface area (Å²) in [6.07, 6.45) is 4.27. The maximum atomic E-state index is 5.64. The number of hydrogen-bond acceptors (Lipinski definition) is 5. The fraction of sp³-hybridized carbons (Fsp3) is 0.833. The molecule has 1 aromatic rings. The molecule has 5 heteroatoms. The first-order valence-electron chi connectivity index (χ1n) is 6.13. The Bertz CT molecular complexity index is 381. The van der Waals surface area contributed by atoms with Crippen molar-refractivity contribution in [3.05, 3.63) is 11.7 Å². The van der Waals surface area contributed by atoms with Crippen LogP contribution in [0.1, 0.15) is 51.2 Å². The molecule has 2 rings (SSSR count). The Morgan fingerprint density at radius 1 is 1.35 bits per heavy atom. The highest BCUT2D eigenvalue weighted by atomic mass is 16.5. The Labute approximate surface area is 102 Å². The third-order valence-corrected chi connectivity index (χ3v) is 3.80. The maximum Gasteiger partial charge on any atom is 0.246 e. The molecule has 0 atom stereocenters. The van der Waals surface area contributed by atoms with E-state index in [2.05, 4.69) is 15.5 Å². The third-order valence-electron chi connectivity index (χ3n) is 3.80. The first-order valence-corrected chi connectivity index (χ1v) is 6.13. The molecule has 0 spiro atoms. The maximum absolute atomic E-state index is 5.64. The molecule has 17 heavy (non-hydrogen) atoms. The van der Waals surface area contributed by atoms with Crippen LogP contribution in [-0.2, 0) is 15.9 Å². The van der Waals surface area contributed by atoms with E-state index in [0.29, 0.717) is 11.7 Å². The zero-order chi connectivity index (χ0) is 12.5. The number of ether oxygens (including phenoxy) is 1. The summed E-state index contributed by atoms with van der Waals surface area (Å²) in [5.74, 6) is 1.30. The zero-order valence-electron chi connectivity index (χ0n) is 11.0. The van der Waals surface area contributed by atoms with Gasteiger partial charge in [-0.05, 0) is 46.6 Å². The molecule has 96 valence electrons. The molecule has 0 unspecified atom stereocenters. The van der Waals surface area contributed by atoms with E-state index in [1.165, 1.54) is 0 Å². The van der Waals surface area contributed by atoms with Gasteiger partial charge in [-0.1, -0.05) is 5.16 Å². The van der Waals surface area contributed by atoms with Crippen LogP contribution in [0.3, 0.4) is 0 Å². The van der Waals surface area contributed by atoms with Crippen molar-refractivity contribution in [1.82, 2.24) is 15.5 Å². The van der Waals surface area contributed by atoms with E-state index in [9.17, 15) is 0 Å². The topological polar surface area (TPSA) is 60.2 Å². The van der Waals surface area contributed by atoms with E-state index in [0.717, 1.165) is 25.7 Å². The van der Waals surface area contributed by atoms with Gasteiger partial charge in [-0.2, -0.15) is 4.98 Å². The normalized spacial score (nSPS) is 19.8. The fourth-order valence-corrected chi connectivity index (χ4v) is 2.23. The van der Waals surface area contributed by atoms with Crippen molar-refractivity contribution >= 4 is 0 Å². The fourth-order valence-electron chi connectivity index (χ4n) is 2.23. The molecule has 1 aliphatic rings. The molecule has 1 heterocycles. The van der Waals surface area contributed by atoms with Gasteiger partial charge in [-0.25, -0.2) is 0 Å². The molecule has 1 fully saturated rings. The van der Waals surface area contributed by atoms with Crippen LogP contribution in [0.15, 0.2) is 4.52 Å². The first-order chi connectivity index (χ1) is 8.04. The Morgan fingerprint density at radius 3 is 2.53 bits per heavy atom. The lowest BCUT2D eigenvalue weighted by molar-refractivity contribution is -0.0178. The SMILES string of the molecule is CNC(C)(C)c1nc(C2(OC)CCCC2)no1. The van der Waals surface area contributed by atoms with Gasteiger partial charge in [-0.15, -0.1) is 0 Å². The zero-order valence-corrected chi connectivity index (χ0v) is 11.0. The van der Waals surface area contributed by atoms with Gasteiger partial charge in [0.2, 0.25) is 11.7 Å². The molecule has 0 bridgehead atoms. The molecule has 0 radical (unpaired) electrons. The highest BCUT2D eigenvalue weighted by molar-refractivity contribution is 5.07. The second-order valence-electron chi connectivity index (χ2n) is 5.20. The van der Waals surface area contributed by atoms with Crippen molar-refractivity contribution < 1.29 is 9.26 Å². The summed E-state index contributed by atoms with van der Waals surface area (Å²) in [7, 11) is 3.61. The second kappa shape index (κ2) is 4.38. The van der Waals surface area contributed by atoms with Gasteiger partial charge in [0.05, 0.1) is 5.54 Å². The molecule has 0 aromatic carbocycles. The van der Waals surface area contributed by atoms with Crippen LogP contribution in [0.2, 0.25) is 0 Å². The van der Waals surface area contributed by atoms with Gasteiger partial charge in [0, 0.05) is 7.11 Å². The number of nitrogens with one attached hydrogen (secondary N) is 1. The van der Waals surface area contributed by atoms with Crippen molar-refractivity contribution in [1.29, 1.82) is 0 Å². The summed E-state index contributed by atoms with van der Waals surface area (Å²) < 4.78 is 11.0.